The van der Waals surface area contributed by atoms with Gasteiger partial charge in [-0.3, -0.25) is 4.90 Å². The van der Waals surface area contributed by atoms with E-state index >= 15 is 0 Å². The number of nitrogens with zero attached hydrogens (tertiary/aromatic N) is 1. The Morgan fingerprint density at radius 1 is 1.50 bits per heavy atom. The van der Waals surface area contributed by atoms with Crippen molar-refractivity contribution in [3.63, 3.8) is 0 Å². The smallest absolute Gasteiger partial charge is 0.261 e. The van der Waals surface area contributed by atoms with Crippen LogP contribution in [-0.4, -0.2) is 56.3 Å². The van der Waals surface area contributed by atoms with Gasteiger partial charge in [-0.05, 0) is 0 Å². The molecule has 1 unspecified atom stereocenters. The molecular formula is C9H16F2N2O. The number of rotatable bonds is 2. The third-order valence-corrected chi connectivity index (χ3v) is 2.73. The van der Waals surface area contributed by atoms with E-state index < -0.39 is 5.92 Å². The SMILES string of the molecule is FC1(F)CCN(CC2COCCN2)C1. The van der Waals surface area contributed by atoms with Crippen LogP contribution >= 0.6 is 0 Å². The van der Waals surface area contributed by atoms with Gasteiger partial charge in [0.1, 0.15) is 0 Å². The summed E-state index contributed by atoms with van der Waals surface area (Å²) in [4.78, 5) is 1.81. The van der Waals surface area contributed by atoms with Crippen LogP contribution in [0.25, 0.3) is 0 Å². The molecule has 2 rings (SSSR count). The Bertz CT molecular complexity index is 195. The lowest BCUT2D eigenvalue weighted by Crippen LogP contribution is -2.48. The van der Waals surface area contributed by atoms with Crippen LogP contribution in [0.5, 0.6) is 0 Å². The highest BCUT2D eigenvalue weighted by atomic mass is 19.3. The predicted octanol–water partition coefficient (Wildman–Crippen LogP) is 0.316. The van der Waals surface area contributed by atoms with E-state index in [2.05, 4.69) is 5.32 Å². The van der Waals surface area contributed by atoms with Gasteiger partial charge in [0, 0.05) is 32.1 Å². The first-order valence-corrected chi connectivity index (χ1v) is 5.07. The lowest BCUT2D eigenvalue weighted by Gasteiger charge is -2.27. The Morgan fingerprint density at radius 2 is 2.36 bits per heavy atom. The minimum absolute atomic E-state index is 0.000573. The van der Waals surface area contributed by atoms with Crippen molar-refractivity contribution in [3.05, 3.63) is 0 Å². The summed E-state index contributed by atoms with van der Waals surface area (Å²) < 4.78 is 31.0. The monoisotopic (exact) mass is 206 g/mol. The number of morpholine rings is 1. The number of hydrogen-bond donors (Lipinski definition) is 1. The molecule has 1 N–H and O–H groups in total. The molecule has 0 aromatic heterocycles. The van der Waals surface area contributed by atoms with Crippen LogP contribution in [0, 0.1) is 0 Å². The molecule has 0 amide bonds. The van der Waals surface area contributed by atoms with Gasteiger partial charge in [0.05, 0.1) is 19.8 Å². The molecule has 0 radical (unpaired) electrons. The van der Waals surface area contributed by atoms with E-state index in [1.165, 1.54) is 0 Å². The number of halogens is 2. The number of alkyl halides is 2. The van der Waals surface area contributed by atoms with E-state index in [0.717, 1.165) is 13.2 Å². The van der Waals surface area contributed by atoms with Crippen LogP contribution in [0.4, 0.5) is 8.78 Å². The number of likely N-dealkylation sites (tertiary alicyclic amines) is 1. The molecule has 5 heteroatoms. The highest BCUT2D eigenvalue weighted by Gasteiger charge is 2.38. The second-order valence-electron chi connectivity index (χ2n) is 4.07. The molecule has 2 saturated heterocycles. The van der Waals surface area contributed by atoms with Crippen LogP contribution in [0.3, 0.4) is 0 Å². The lowest BCUT2D eigenvalue weighted by molar-refractivity contribution is 0.00768. The zero-order valence-electron chi connectivity index (χ0n) is 8.14. The summed E-state index contributed by atoms with van der Waals surface area (Å²) in [7, 11) is 0. The topological polar surface area (TPSA) is 24.5 Å². The first-order valence-electron chi connectivity index (χ1n) is 5.07. The maximum atomic E-state index is 12.9. The van der Waals surface area contributed by atoms with E-state index in [1.54, 1.807) is 0 Å². The maximum absolute atomic E-state index is 12.9. The van der Waals surface area contributed by atoms with Gasteiger partial charge in [-0.1, -0.05) is 0 Å². The Morgan fingerprint density at radius 3 is 2.93 bits per heavy atom. The minimum Gasteiger partial charge on any atom is -0.378 e. The average Bonchev–Trinajstić information content (AvgIpc) is 2.47. The van der Waals surface area contributed by atoms with Crippen LogP contribution in [0.15, 0.2) is 0 Å². The molecule has 2 aliphatic heterocycles. The fourth-order valence-corrected chi connectivity index (χ4v) is 2.01. The third kappa shape index (κ3) is 2.62. The summed E-state index contributed by atoms with van der Waals surface area (Å²) in [5.41, 5.74) is 0. The van der Waals surface area contributed by atoms with Gasteiger partial charge < -0.3 is 10.1 Å². The van der Waals surface area contributed by atoms with Crippen LogP contribution in [0.2, 0.25) is 0 Å². The molecule has 1 atom stereocenters. The summed E-state index contributed by atoms with van der Waals surface area (Å²) in [6.07, 6.45) is 0.000573. The van der Waals surface area contributed by atoms with Crippen molar-refractivity contribution in [1.82, 2.24) is 10.2 Å². The Hall–Kier alpha value is -0.260. The van der Waals surface area contributed by atoms with Gasteiger partial charge in [-0.2, -0.15) is 0 Å². The molecule has 3 nitrogen and oxygen atoms in total. The Kier molecular flexibility index (Phi) is 2.99. The molecule has 82 valence electrons. The fourth-order valence-electron chi connectivity index (χ4n) is 2.01. The van der Waals surface area contributed by atoms with Crippen molar-refractivity contribution in [2.75, 3.05) is 39.4 Å². The number of ether oxygens (including phenoxy) is 1. The van der Waals surface area contributed by atoms with E-state index in [-0.39, 0.29) is 19.0 Å². The molecule has 0 aliphatic carbocycles. The highest BCUT2D eigenvalue weighted by Crippen LogP contribution is 2.26. The summed E-state index contributed by atoms with van der Waals surface area (Å²) in [5.74, 6) is -2.48. The molecule has 2 heterocycles. The average molecular weight is 206 g/mol. The van der Waals surface area contributed by atoms with E-state index in [0.29, 0.717) is 19.7 Å². The van der Waals surface area contributed by atoms with Crippen molar-refractivity contribution < 1.29 is 13.5 Å². The molecular weight excluding hydrogens is 190 g/mol. The summed E-state index contributed by atoms with van der Waals surface area (Å²) in [6.45, 7) is 3.29. The van der Waals surface area contributed by atoms with Gasteiger partial charge in [-0.15, -0.1) is 0 Å². The van der Waals surface area contributed by atoms with Gasteiger partial charge in [0.15, 0.2) is 0 Å². The van der Waals surface area contributed by atoms with Gasteiger partial charge in [0.2, 0.25) is 0 Å². The fraction of sp³-hybridized carbons (Fsp3) is 1.00. The lowest BCUT2D eigenvalue weighted by atomic mass is 10.2. The largest absolute Gasteiger partial charge is 0.378 e. The number of nitrogens with one attached hydrogen (secondary N) is 1. The van der Waals surface area contributed by atoms with Crippen molar-refractivity contribution in [2.24, 2.45) is 0 Å². The van der Waals surface area contributed by atoms with Crippen molar-refractivity contribution in [3.8, 4) is 0 Å². The van der Waals surface area contributed by atoms with Gasteiger partial charge in [0.25, 0.3) is 5.92 Å². The molecule has 14 heavy (non-hydrogen) atoms. The standard InChI is InChI=1S/C9H16F2N2O/c10-9(11)1-3-13(7-9)5-8-6-14-4-2-12-8/h8,12H,1-7H2. The molecule has 0 bridgehead atoms. The highest BCUT2D eigenvalue weighted by molar-refractivity contribution is 4.85. The Balaban J connectivity index is 1.75. The predicted molar refractivity (Wildman–Crippen MR) is 48.6 cm³/mol. The van der Waals surface area contributed by atoms with Crippen molar-refractivity contribution >= 4 is 0 Å². The second-order valence-corrected chi connectivity index (χ2v) is 4.07. The molecule has 0 saturated carbocycles. The molecule has 0 aromatic carbocycles. The zero-order valence-corrected chi connectivity index (χ0v) is 8.14. The minimum atomic E-state index is -2.48. The molecule has 0 aromatic rings. The van der Waals surface area contributed by atoms with Crippen LogP contribution in [-0.2, 0) is 4.74 Å². The van der Waals surface area contributed by atoms with Crippen molar-refractivity contribution in [2.45, 2.75) is 18.4 Å². The normalized spacial score (nSPS) is 33.4. The second kappa shape index (κ2) is 4.08. The quantitative estimate of drug-likeness (QED) is 0.704. The first-order chi connectivity index (χ1) is 6.66. The summed E-state index contributed by atoms with van der Waals surface area (Å²) in [6, 6.07) is 0.220. The van der Waals surface area contributed by atoms with E-state index in [9.17, 15) is 8.78 Å². The van der Waals surface area contributed by atoms with E-state index in [4.69, 9.17) is 4.74 Å². The van der Waals surface area contributed by atoms with Crippen molar-refractivity contribution in [1.29, 1.82) is 0 Å². The maximum Gasteiger partial charge on any atom is 0.261 e. The third-order valence-electron chi connectivity index (χ3n) is 2.73. The van der Waals surface area contributed by atoms with Crippen LogP contribution < -0.4 is 5.32 Å². The van der Waals surface area contributed by atoms with E-state index in [1.807, 2.05) is 4.90 Å². The summed E-state index contributed by atoms with van der Waals surface area (Å²) in [5, 5.41) is 3.26. The molecule has 2 fully saturated rings. The summed E-state index contributed by atoms with van der Waals surface area (Å²) >= 11 is 0. The number of hydrogen-bond acceptors (Lipinski definition) is 3. The van der Waals surface area contributed by atoms with Crippen LogP contribution in [0.1, 0.15) is 6.42 Å². The Labute approximate surface area is 82.4 Å². The first kappa shape index (κ1) is 10.3. The molecule has 0 spiro atoms. The van der Waals surface area contributed by atoms with Gasteiger partial charge in [-0.25, -0.2) is 8.78 Å². The molecule has 2 aliphatic rings. The van der Waals surface area contributed by atoms with Gasteiger partial charge >= 0.3 is 0 Å². The zero-order chi connectivity index (χ0) is 10.0.